The fourth-order valence-corrected chi connectivity index (χ4v) is 2.81. The zero-order valence-electron chi connectivity index (χ0n) is 9.79. The highest BCUT2D eigenvalue weighted by Gasteiger charge is 2.62. The Labute approximate surface area is 95.6 Å². The van der Waals surface area contributed by atoms with Crippen molar-refractivity contribution in [3.63, 3.8) is 0 Å². The van der Waals surface area contributed by atoms with Crippen LogP contribution in [0.15, 0.2) is 18.2 Å². The summed E-state index contributed by atoms with van der Waals surface area (Å²) < 4.78 is 19.6. The quantitative estimate of drug-likeness (QED) is 0.712. The van der Waals surface area contributed by atoms with E-state index in [2.05, 4.69) is 6.92 Å². The van der Waals surface area contributed by atoms with E-state index in [0.29, 0.717) is 6.10 Å². The minimum Gasteiger partial charge on any atom is -0.369 e. The van der Waals surface area contributed by atoms with E-state index in [9.17, 15) is 4.39 Å². The minimum atomic E-state index is -0.0529. The highest BCUT2D eigenvalue weighted by Crippen LogP contribution is 2.59. The summed E-state index contributed by atoms with van der Waals surface area (Å²) in [5.74, 6) is -0.0529. The van der Waals surface area contributed by atoms with E-state index >= 15 is 0 Å². The van der Waals surface area contributed by atoms with Crippen molar-refractivity contribution in [1.29, 1.82) is 0 Å². The van der Waals surface area contributed by atoms with E-state index in [4.69, 9.17) is 4.74 Å². The summed E-state index contributed by atoms with van der Waals surface area (Å²) >= 11 is 0. The average molecular weight is 220 g/mol. The molecule has 2 unspecified atom stereocenters. The molecule has 1 saturated carbocycles. The summed E-state index contributed by atoms with van der Waals surface area (Å²) in [4.78, 5) is 0. The van der Waals surface area contributed by atoms with E-state index in [-0.39, 0.29) is 17.3 Å². The maximum Gasteiger partial charge on any atom is 0.127 e. The molecule has 3 rings (SSSR count). The molecule has 0 N–H and O–H groups in total. The molecule has 2 aliphatic rings. The Morgan fingerprint density at radius 2 is 2.19 bits per heavy atom. The third kappa shape index (κ3) is 1.40. The molecule has 2 atom stereocenters. The number of hydrogen-bond acceptors (Lipinski definition) is 1. The number of rotatable bonds is 3. The molecule has 1 heterocycles. The van der Waals surface area contributed by atoms with Crippen LogP contribution in [0.25, 0.3) is 0 Å². The van der Waals surface area contributed by atoms with Crippen LogP contribution in [0.1, 0.15) is 37.3 Å². The number of benzene rings is 1. The number of halogens is 1. The Kier molecular flexibility index (Phi) is 2.12. The Morgan fingerprint density at radius 1 is 1.44 bits per heavy atom. The van der Waals surface area contributed by atoms with E-state index in [0.717, 1.165) is 30.4 Å². The lowest BCUT2D eigenvalue weighted by Gasteiger charge is -2.14. The maximum absolute atomic E-state index is 13.9. The van der Waals surface area contributed by atoms with Gasteiger partial charge in [0, 0.05) is 5.41 Å². The van der Waals surface area contributed by atoms with E-state index in [1.165, 1.54) is 0 Å². The summed E-state index contributed by atoms with van der Waals surface area (Å²) in [6.07, 6.45) is 3.83. The predicted molar refractivity (Wildman–Crippen MR) is 61.0 cm³/mol. The molecule has 0 amide bonds. The number of epoxide rings is 1. The van der Waals surface area contributed by atoms with Crippen LogP contribution >= 0.6 is 0 Å². The van der Waals surface area contributed by atoms with Gasteiger partial charge in [-0.1, -0.05) is 19.1 Å². The molecule has 0 aromatic heterocycles. The van der Waals surface area contributed by atoms with Crippen LogP contribution in [-0.4, -0.2) is 12.2 Å². The van der Waals surface area contributed by atoms with Gasteiger partial charge in [0.1, 0.15) is 5.82 Å². The van der Waals surface area contributed by atoms with Crippen LogP contribution in [0, 0.1) is 12.7 Å². The molecule has 2 heteroatoms. The van der Waals surface area contributed by atoms with E-state index < -0.39 is 0 Å². The summed E-state index contributed by atoms with van der Waals surface area (Å²) in [5.41, 5.74) is 1.87. The summed E-state index contributed by atoms with van der Waals surface area (Å²) in [6, 6.07) is 5.59. The molecular formula is C14H17FO. The first-order chi connectivity index (χ1) is 7.67. The highest BCUT2D eigenvalue weighted by atomic mass is 19.1. The first kappa shape index (κ1) is 10.3. The molecule has 1 aliphatic carbocycles. The van der Waals surface area contributed by atoms with Gasteiger partial charge in [-0.15, -0.1) is 0 Å². The molecule has 1 saturated heterocycles. The van der Waals surface area contributed by atoms with Gasteiger partial charge >= 0.3 is 0 Å². The second-order valence-corrected chi connectivity index (χ2v) is 5.14. The molecule has 1 aromatic carbocycles. The van der Waals surface area contributed by atoms with E-state index in [1.807, 2.05) is 19.1 Å². The smallest absolute Gasteiger partial charge is 0.127 e. The summed E-state index contributed by atoms with van der Waals surface area (Å²) in [6.45, 7) is 4.06. The van der Waals surface area contributed by atoms with Crippen LogP contribution < -0.4 is 0 Å². The Morgan fingerprint density at radius 3 is 2.69 bits per heavy atom. The maximum atomic E-state index is 13.9. The topological polar surface area (TPSA) is 12.5 Å². The van der Waals surface area contributed by atoms with Gasteiger partial charge in [-0.25, -0.2) is 4.39 Å². The van der Waals surface area contributed by atoms with Gasteiger partial charge in [0.05, 0.1) is 12.2 Å². The van der Waals surface area contributed by atoms with Crippen molar-refractivity contribution in [3.8, 4) is 0 Å². The molecule has 1 nitrogen and oxygen atoms in total. The highest BCUT2D eigenvalue weighted by molar-refractivity contribution is 5.38. The van der Waals surface area contributed by atoms with Crippen LogP contribution in [0.3, 0.4) is 0 Å². The van der Waals surface area contributed by atoms with Crippen molar-refractivity contribution in [1.82, 2.24) is 0 Å². The fourth-order valence-electron chi connectivity index (χ4n) is 2.81. The number of ether oxygens (including phenoxy) is 1. The first-order valence-corrected chi connectivity index (χ1v) is 6.09. The SMILES string of the molecule is CCC1OC1C1(c2ccc(C)cc2F)CC1. The van der Waals surface area contributed by atoms with Gasteiger partial charge in [0.25, 0.3) is 0 Å². The Balaban J connectivity index is 1.92. The Bertz CT molecular complexity index is 423. The van der Waals surface area contributed by atoms with Crippen LogP contribution in [0.2, 0.25) is 0 Å². The molecule has 1 aromatic rings. The molecule has 1 aliphatic heterocycles. The van der Waals surface area contributed by atoms with Gasteiger partial charge in [-0.2, -0.15) is 0 Å². The first-order valence-electron chi connectivity index (χ1n) is 6.09. The largest absolute Gasteiger partial charge is 0.369 e. The fraction of sp³-hybridized carbons (Fsp3) is 0.571. The molecule has 16 heavy (non-hydrogen) atoms. The van der Waals surface area contributed by atoms with Gasteiger partial charge in [-0.05, 0) is 43.4 Å². The summed E-state index contributed by atoms with van der Waals surface area (Å²) in [5, 5.41) is 0. The summed E-state index contributed by atoms with van der Waals surface area (Å²) in [7, 11) is 0. The number of aryl methyl sites for hydroxylation is 1. The molecule has 86 valence electrons. The molecule has 2 fully saturated rings. The lowest BCUT2D eigenvalue weighted by molar-refractivity contribution is 0.335. The van der Waals surface area contributed by atoms with Gasteiger partial charge < -0.3 is 4.74 Å². The Hall–Kier alpha value is -0.890. The van der Waals surface area contributed by atoms with Crippen molar-refractivity contribution in [2.75, 3.05) is 0 Å². The van der Waals surface area contributed by atoms with Gasteiger partial charge in [0.15, 0.2) is 0 Å². The average Bonchev–Trinajstić information content (AvgIpc) is 3.12. The van der Waals surface area contributed by atoms with Crippen molar-refractivity contribution >= 4 is 0 Å². The second-order valence-electron chi connectivity index (χ2n) is 5.14. The standard InChI is InChI=1S/C14H17FO/c1-3-12-13(16-12)14(6-7-14)10-5-4-9(2)8-11(10)15/h4-5,8,12-13H,3,6-7H2,1-2H3. The number of hydrogen-bond donors (Lipinski definition) is 0. The molecule has 0 bridgehead atoms. The normalized spacial score (nSPS) is 30.2. The van der Waals surface area contributed by atoms with Crippen LogP contribution in [0.5, 0.6) is 0 Å². The zero-order valence-corrected chi connectivity index (χ0v) is 9.79. The lowest BCUT2D eigenvalue weighted by Crippen LogP contribution is -2.18. The van der Waals surface area contributed by atoms with Crippen molar-refractivity contribution < 1.29 is 9.13 Å². The van der Waals surface area contributed by atoms with Crippen LogP contribution in [0.4, 0.5) is 4.39 Å². The van der Waals surface area contributed by atoms with Crippen molar-refractivity contribution in [2.45, 2.75) is 50.7 Å². The van der Waals surface area contributed by atoms with Crippen molar-refractivity contribution in [2.24, 2.45) is 0 Å². The lowest BCUT2D eigenvalue weighted by atomic mass is 9.89. The minimum absolute atomic E-state index is 0.0124. The zero-order chi connectivity index (χ0) is 11.3. The third-order valence-electron chi connectivity index (χ3n) is 3.98. The molecular weight excluding hydrogens is 203 g/mol. The third-order valence-corrected chi connectivity index (χ3v) is 3.98. The van der Waals surface area contributed by atoms with Crippen molar-refractivity contribution in [3.05, 3.63) is 35.1 Å². The molecule has 0 radical (unpaired) electrons. The van der Waals surface area contributed by atoms with Gasteiger partial charge in [0.2, 0.25) is 0 Å². The van der Waals surface area contributed by atoms with E-state index in [1.54, 1.807) is 6.07 Å². The molecule has 0 spiro atoms. The second kappa shape index (κ2) is 3.30. The van der Waals surface area contributed by atoms with Crippen LogP contribution in [-0.2, 0) is 10.2 Å². The predicted octanol–water partition coefficient (Wildman–Crippen LogP) is 3.34. The monoisotopic (exact) mass is 220 g/mol. The van der Waals surface area contributed by atoms with Gasteiger partial charge in [-0.3, -0.25) is 0 Å².